The first-order valence-electron chi connectivity index (χ1n) is 5.16. The minimum absolute atomic E-state index is 0.00128. The normalized spacial score (nSPS) is 15.5. The molecule has 17 heavy (non-hydrogen) atoms. The summed E-state index contributed by atoms with van der Waals surface area (Å²) in [4.78, 5) is 0.995. The molecular formula is C11H17NO3S2. The van der Waals surface area contributed by atoms with Crippen molar-refractivity contribution in [1.29, 1.82) is 0 Å². The lowest BCUT2D eigenvalue weighted by Gasteiger charge is -2.15. The van der Waals surface area contributed by atoms with Crippen LogP contribution in [0, 0.1) is 0 Å². The largest absolute Gasteiger partial charge is 0.398 e. The molecule has 1 aromatic carbocycles. The Morgan fingerprint density at radius 1 is 1.35 bits per heavy atom. The van der Waals surface area contributed by atoms with Gasteiger partial charge in [-0.25, -0.2) is 8.42 Å². The molecule has 0 aliphatic carbocycles. The predicted octanol–water partition coefficient (Wildman–Crippen LogP) is 1.53. The highest BCUT2D eigenvalue weighted by Crippen LogP contribution is 2.31. The van der Waals surface area contributed by atoms with Crippen LogP contribution in [0.5, 0.6) is 0 Å². The summed E-state index contributed by atoms with van der Waals surface area (Å²) in [5.41, 5.74) is 6.22. The number of benzene rings is 1. The van der Waals surface area contributed by atoms with E-state index in [9.17, 15) is 13.5 Å². The van der Waals surface area contributed by atoms with E-state index in [0.717, 1.165) is 11.2 Å². The van der Waals surface area contributed by atoms with Crippen molar-refractivity contribution in [2.24, 2.45) is 0 Å². The SMILES string of the molecule is CC(O)C(C)Sc1ccc(S(C)(=O)=O)cc1N. The number of nitrogens with two attached hydrogens (primary N) is 1. The first kappa shape index (κ1) is 14.3. The molecule has 0 amide bonds. The molecule has 0 saturated carbocycles. The van der Waals surface area contributed by atoms with Crippen LogP contribution >= 0.6 is 11.8 Å². The third-order valence-electron chi connectivity index (χ3n) is 2.40. The summed E-state index contributed by atoms with van der Waals surface area (Å²) >= 11 is 1.43. The summed E-state index contributed by atoms with van der Waals surface area (Å²) < 4.78 is 22.6. The summed E-state index contributed by atoms with van der Waals surface area (Å²) in [5, 5.41) is 9.40. The molecular weight excluding hydrogens is 258 g/mol. The van der Waals surface area contributed by atoms with E-state index in [2.05, 4.69) is 0 Å². The molecule has 0 aliphatic rings. The average Bonchev–Trinajstić information content (AvgIpc) is 2.19. The molecule has 0 spiro atoms. The smallest absolute Gasteiger partial charge is 0.175 e. The molecule has 0 heterocycles. The molecule has 0 radical (unpaired) electrons. The zero-order valence-corrected chi connectivity index (χ0v) is 11.7. The molecule has 4 nitrogen and oxygen atoms in total. The van der Waals surface area contributed by atoms with E-state index in [1.807, 2.05) is 6.92 Å². The van der Waals surface area contributed by atoms with Crippen LogP contribution in [-0.2, 0) is 9.84 Å². The Hall–Kier alpha value is -0.720. The monoisotopic (exact) mass is 275 g/mol. The van der Waals surface area contributed by atoms with Crippen molar-refractivity contribution < 1.29 is 13.5 Å². The summed E-state index contributed by atoms with van der Waals surface area (Å²) in [6, 6.07) is 4.66. The Morgan fingerprint density at radius 2 is 1.94 bits per heavy atom. The van der Waals surface area contributed by atoms with Gasteiger partial charge in [-0.15, -0.1) is 11.8 Å². The fourth-order valence-corrected chi connectivity index (χ4v) is 2.76. The van der Waals surface area contributed by atoms with Gasteiger partial charge in [0, 0.05) is 22.1 Å². The minimum Gasteiger partial charge on any atom is -0.398 e. The summed E-state index contributed by atoms with van der Waals surface area (Å²) in [7, 11) is -3.23. The Morgan fingerprint density at radius 3 is 2.35 bits per heavy atom. The maximum Gasteiger partial charge on any atom is 0.175 e. The van der Waals surface area contributed by atoms with Crippen LogP contribution in [0.15, 0.2) is 28.0 Å². The van der Waals surface area contributed by atoms with E-state index in [0.29, 0.717) is 5.69 Å². The van der Waals surface area contributed by atoms with Crippen LogP contribution in [0.1, 0.15) is 13.8 Å². The lowest BCUT2D eigenvalue weighted by molar-refractivity contribution is 0.196. The topological polar surface area (TPSA) is 80.4 Å². The fourth-order valence-electron chi connectivity index (χ4n) is 1.16. The lowest BCUT2D eigenvalue weighted by Crippen LogP contribution is -2.15. The molecule has 1 aromatic rings. The number of rotatable bonds is 4. The van der Waals surface area contributed by atoms with Crippen molar-refractivity contribution in [1.82, 2.24) is 0 Å². The van der Waals surface area contributed by atoms with Crippen molar-refractivity contribution in [2.75, 3.05) is 12.0 Å². The quantitative estimate of drug-likeness (QED) is 0.643. The van der Waals surface area contributed by atoms with Crippen molar-refractivity contribution in [3.05, 3.63) is 18.2 Å². The number of sulfone groups is 1. The number of hydrogen-bond donors (Lipinski definition) is 2. The van der Waals surface area contributed by atoms with Crippen molar-refractivity contribution in [3.63, 3.8) is 0 Å². The molecule has 0 fully saturated rings. The number of thioether (sulfide) groups is 1. The minimum atomic E-state index is -3.23. The maximum absolute atomic E-state index is 11.3. The van der Waals surface area contributed by atoms with Gasteiger partial charge in [-0.2, -0.15) is 0 Å². The highest BCUT2D eigenvalue weighted by atomic mass is 32.2. The summed E-state index contributed by atoms with van der Waals surface area (Å²) in [5.74, 6) is 0. The van der Waals surface area contributed by atoms with Gasteiger partial charge in [0.1, 0.15) is 0 Å². The third kappa shape index (κ3) is 3.90. The van der Waals surface area contributed by atoms with Gasteiger partial charge in [0.2, 0.25) is 0 Å². The molecule has 2 atom stereocenters. The number of nitrogen functional groups attached to an aromatic ring is 1. The number of hydrogen-bond acceptors (Lipinski definition) is 5. The fraction of sp³-hybridized carbons (Fsp3) is 0.455. The highest BCUT2D eigenvalue weighted by molar-refractivity contribution is 8.00. The number of aliphatic hydroxyl groups is 1. The van der Waals surface area contributed by atoms with Gasteiger partial charge in [-0.05, 0) is 25.1 Å². The average molecular weight is 275 g/mol. The standard InChI is InChI=1S/C11H17NO3S2/c1-7(13)8(2)16-11-5-4-9(6-10(11)12)17(3,14)15/h4-8,13H,12H2,1-3H3. The van der Waals surface area contributed by atoms with Crippen LogP contribution in [-0.4, -0.2) is 31.1 Å². The van der Waals surface area contributed by atoms with Crippen molar-refractivity contribution in [3.8, 4) is 0 Å². The molecule has 0 saturated heterocycles. The molecule has 6 heteroatoms. The van der Waals surface area contributed by atoms with Crippen molar-refractivity contribution >= 4 is 27.3 Å². The zero-order chi connectivity index (χ0) is 13.2. The maximum atomic E-state index is 11.3. The van der Waals surface area contributed by atoms with Gasteiger partial charge in [-0.3, -0.25) is 0 Å². The van der Waals surface area contributed by atoms with E-state index in [-0.39, 0.29) is 10.1 Å². The zero-order valence-electron chi connectivity index (χ0n) is 10.0. The first-order chi connectivity index (χ1) is 7.71. The first-order valence-corrected chi connectivity index (χ1v) is 7.93. The summed E-state index contributed by atoms with van der Waals surface area (Å²) in [6.45, 7) is 3.60. The second kappa shape index (κ2) is 5.29. The van der Waals surface area contributed by atoms with Gasteiger partial charge in [0.15, 0.2) is 9.84 Å². The molecule has 1 rings (SSSR count). The highest BCUT2D eigenvalue weighted by Gasteiger charge is 2.14. The van der Waals surface area contributed by atoms with Crippen LogP contribution in [0.25, 0.3) is 0 Å². The van der Waals surface area contributed by atoms with Crippen LogP contribution in [0.2, 0.25) is 0 Å². The number of anilines is 1. The summed E-state index contributed by atoms with van der Waals surface area (Å²) in [6.07, 6.45) is 0.696. The van der Waals surface area contributed by atoms with Gasteiger partial charge >= 0.3 is 0 Å². The second-order valence-corrected chi connectivity index (χ2v) is 7.47. The number of aliphatic hydroxyl groups excluding tert-OH is 1. The molecule has 3 N–H and O–H groups in total. The Kier molecular flexibility index (Phi) is 4.46. The van der Waals surface area contributed by atoms with E-state index in [1.165, 1.54) is 23.9 Å². The Labute approximate surface area is 106 Å². The van der Waals surface area contributed by atoms with Gasteiger partial charge in [0.25, 0.3) is 0 Å². The van der Waals surface area contributed by atoms with E-state index in [4.69, 9.17) is 5.73 Å². The van der Waals surface area contributed by atoms with Crippen molar-refractivity contribution in [2.45, 2.75) is 35.0 Å². The van der Waals surface area contributed by atoms with E-state index < -0.39 is 15.9 Å². The van der Waals surface area contributed by atoms with Crippen LogP contribution in [0.3, 0.4) is 0 Å². The van der Waals surface area contributed by atoms with Crippen LogP contribution < -0.4 is 5.73 Å². The predicted molar refractivity (Wildman–Crippen MR) is 71.0 cm³/mol. The third-order valence-corrected chi connectivity index (χ3v) is 4.90. The van der Waals surface area contributed by atoms with Crippen LogP contribution in [0.4, 0.5) is 5.69 Å². The molecule has 96 valence electrons. The Bertz CT molecular complexity index is 497. The van der Waals surface area contributed by atoms with E-state index >= 15 is 0 Å². The molecule has 0 aromatic heterocycles. The molecule has 0 aliphatic heterocycles. The second-order valence-electron chi connectivity index (χ2n) is 4.04. The van der Waals surface area contributed by atoms with Gasteiger partial charge in [0.05, 0.1) is 11.0 Å². The molecule has 0 bridgehead atoms. The van der Waals surface area contributed by atoms with Gasteiger partial charge < -0.3 is 10.8 Å². The Balaban J connectivity index is 2.99. The molecule has 2 unspecified atom stereocenters. The van der Waals surface area contributed by atoms with E-state index in [1.54, 1.807) is 13.0 Å². The lowest BCUT2D eigenvalue weighted by atomic mass is 10.3. The van der Waals surface area contributed by atoms with Gasteiger partial charge in [-0.1, -0.05) is 6.92 Å².